The molecule has 0 amide bonds. The van der Waals surface area contributed by atoms with E-state index in [0.29, 0.717) is 70.1 Å². The van der Waals surface area contributed by atoms with Crippen molar-refractivity contribution in [3.05, 3.63) is 52.0 Å². The van der Waals surface area contributed by atoms with Crippen LogP contribution >= 0.6 is 0 Å². The van der Waals surface area contributed by atoms with Gasteiger partial charge in [-0.05, 0) is 108 Å². The molecule has 6 aliphatic rings. The van der Waals surface area contributed by atoms with Crippen molar-refractivity contribution in [2.45, 2.75) is 239 Å². The molecule has 2 unspecified atom stereocenters. The summed E-state index contributed by atoms with van der Waals surface area (Å²) in [6.45, 7) is 5.02. The Balaban J connectivity index is -0.000000181. The van der Waals surface area contributed by atoms with E-state index in [1.165, 1.54) is 13.8 Å². The number of esters is 4. The molecule has 59 heteroatoms. The lowest BCUT2D eigenvalue weighted by atomic mass is 9.49. The number of hydrogen-bond donors (Lipinski definition) is 0. The Morgan fingerprint density at radius 1 is 0.408 bits per heavy atom. The number of aliphatic carboxylic acids is 7. The second kappa shape index (κ2) is 46.5. The lowest BCUT2D eigenvalue weighted by molar-refractivity contribution is -0.388. The van der Waals surface area contributed by atoms with E-state index in [0.717, 1.165) is 32.6 Å². The van der Waals surface area contributed by atoms with Gasteiger partial charge in [0.1, 0.15) is 48.5 Å². The maximum Gasteiger partial charge on any atom is 0.472 e. The minimum absolute atomic E-state index is 0. The number of alkyl halides is 35. The molecule has 6 rings (SSSR count). The van der Waals surface area contributed by atoms with E-state index in [1.807, 2.05) is 0 Å². The number of carboxylic acid groups (broad SMARTS) is 7. The van der Waals surface area contributed by atoms with Crippen molar-refractivity contribution in [3.8, 4) is 0 Å². The largest absolute Gasteiger partial charge is 0.546 e. The summed E-state index contributed by atoms with van der Waals surface area (Å²) in [6, 6.07) is 0. The molecule has 0 aromatic rings. The third kappa shape index (κ3) is 29.4. The van der Waals surface area contributed by atoms with E-state index in [4.69, 9.17) is 9.47 Å². The quantitative estimate of drug-likeness (QED) is 0.0292. The standard InChI is InChI=1S/C17H24F2O4.C11H12F6O5.C11H12F6O4.C6H6F6O2.C5H4F4O4.C5H6F4O3.C4HF7O2.7CH3/c1-9(2)13(17(18,19)14(20)21)23-15(22)16-6-10-3-11(7-16)5-12(4-10)8-16;1-2-8(3-21-4-8)5-22-7(20)10(14,15)11(16,17)9(12,13)6(18)19;12-9(13,7(18)19)11(16,17)10(14,15)8(20)21-6-4-2-1-3-5-6;1-2-4(7,3(13)14)5(8,9)6(10,11)12;1-2(10)13-5(8,9)4(6,7)3(11)12;1-2-12-5(8,9)4(6,7)3(10)11;5-2(6,1(12)13)3(7,8)4(9,10)11;;;;;;;/h9-13H,3-8H2,1-2H3,(H,20,21);2-5H2,1H3,(H,18,19);6H,1-5H2,(H,18,19);2H2,1H3,(H,13,14);1H3,(H,11,12);2H2,1H3,(H,10,11);(H,12,13);7*1H3/q;;;;;;;7*+1/p-7. The SMILES string of the molecule is CC(=O)OC(F)(F)C(F)(F)C(=O)[O-].CC(C)C(OC(=O)C12CC3CC(CC(C3)C1)C2)C(F)(F)C(=O)[O-].CCC(F)(C(=O)[O-])C(F)(F)C(F)(F)F.CCC1(COC(=O)C(F)(F)C(F)(F)C(F)(F)C(=O)[O-])COC1.CCOC(F)(F)C(F)(F)C(=O)[O-].O=C([O-])C(F)(F)C(F)(F)C(F)(F)C(=O)OC1CCCCC1.O=C([O-])C(F)(F)C(F)(F)C(F)(F)F.[CH3+].[CH3+].[CH3+].[CH3+].[CH3+].[CH3+].[CH3+]. The molecule has 24 nitrogen and oxygen atoms in total. The van der Waals surface area contributed by atoms with E-state index >= 15 is 0 Å². The summed E-state index contributed by atoms with van der Waals surface area (Å²) in [6.07, 6.45) is -20.1. The Hall–Kier alpha value is -9.27. The summed E-state index contributed by atoms with van der Waals surface area (Å²) < 4.78 is 456. The van der Waals surface area contributed by atoms with Crippen LogP contribution in [0.3, 0.4) is 0 Å². The van der Waals surface area contributed by atoms with E-state index in [-0.39, 0.29) is 78.0 Å². The summed E-state index contributed by atoms with van der Waals surface area (Å²) >= 11 is 0. The van der Waals surface area contributed by atoms with Gasteiger partial charge in [0.25, 0.3) is 0 Å². The first-order valence-electron chi connectivity index (χ1n) is 31.9. The first kappa shape index (κ1) is 134. The number of rotatable bonds is 29. The number of carboxylic acids is 7. The van der Waals surface area contributed by atoms with Gasteiger partial charge in [-0.1, -0.05) is 34.1 Å². The van der Waals surface area contributed by atoms with Gasteiger partial charge in [0.05, 0.1) is 36.6 Å². The van der Waals surface area contributed by atoms with Crippen LogP contribution in [0.5, 0.6) is 0 Å². The third-order valence-corrected chi connectivity index (χ3v) is 17.0. The molecule has 732 valence electrons. The van der Waals surface area contributed by atoms with Gasteiger partial charge >= 0.3 is 120 Å². The molecule has 1 saturated heterocycles. The molecule has 5 saturated carbocycles. The van der Waals surface area contributed by atoms with Crippen LogP contribution in [0.4, 0.5) is 154 Å². The molecule has 6 fully saturated rings. The van der Waals surface area contributed by atoms with Crippen LogP contribution in [-0.2, 0) is 81.2 Å². The van der Waals surface area contributed by atoms with Gasteiger partial charge in [0.15, 0.2) is 6.10 Å². The van der Waals surface area contributed by atoms with Gasteiger partial charge in [-0.25, -0.2) is 14.0 Å². The Morgan fingerprint density at radius 3 is 0.968 bits per heavy atom. The number of carbonyl (C=O) groups is 11. The van der Waals surface area contributed by atoms with Crippen molar-refractivity contribution < 1.29 is 271 Å². The maximum atomic E-state index is 13.9. The smallest absolute Gasteiger partial charge is 0.472 e. The molecule has 1 heterocycles. The zero-order chi connectivity index (χ0) is 94.6. The summed E-state index contributed by atoms with van der Waals surface area (Å²) in [5, 5.41) is 68.7. The van der Waals surface area contributed by atoms with E-state index < -0.39 is 216 Å². The van der Waals surface area contributed by atoms with Crippen LogP contribution in [0, 0.1) is 86.5 Å². The van der Waals surface area contributed by atoms with Crippen LogP contribution < -0.4 is 35.7 Å². The molecule has 125 heavy (non-hydrogen) atoms. The van der Waals surface area contributed by atoms with Crippen molar-refractivity contribution in [1.29, 1.82) is 0 Å². The Labute approximate surface area is 686 Å². The number of halogens is 35. The molecule has 0 aromatic heterocycles. The highest BCUT2D eigenvalue weighted by Crippen LogP contribution is 2.61. The van der Waals surface area contributed by atoms with Crippen molar-refractivity contribution in [2.75, 3.05) is 26.4 Å². The molecular weight excluding hydrogens is 1840 g/mol. The lowest BCUT2D eigenvalue weighted by Gasteiger charge is -2.55. The van der Waals surface area contributed by atoms with Crippen molar-refractivity contribution >= 4 is 65.7 Å². The predicted molar refractivity (Wildman–Crippen MR) is 332 cm³/mol. The fourth-order valence-corrected chi connectivity index (χ4v) is 10.5. The Bertz CT molecular complexity index is 3450. The van der Waals surface area contributed by atoms with Crippen molar-refractivity contribution in [2.24, 2.45) is 34.5 Å². The van der Waals surface area contributed by atoms with Gasteiger partial charge in [0, 0.05) is 58.9 Å². The predicted octanol–water partition coefficient (Wildman–Crippen LogP) is 8.59. The van der Waals surface area contributed by atoms with E-state index in [9.17, 15) is 242 Å². The van der Waals surface area contributed by atoms with Crippen LogP contribution in [0.2, 0.25) is 0 Å². The summed E-state index contributed by atoms with van der Waals surface area (Å²) in [7, 11) is 0. The maximum absolute atomic E-state index is 13.9. The third-order valence-electron chi connectivity index (χ3n) is 17.0. The Morgan fingerprint density at radius 2 is 0.728 bits per heavy atom. The second-order valence-electron chi connectivity index (χ2n) is 26.0. The van der Waals surface area contributed by atoms with Gasteiger partial charge in [-0.15, -0.1) is 0 Å². The highest BCUT2D eigenvalue weighted by Gasteiger charge is 2.79. The Kier molecular flexibility index (Phi) is 49.7. The van der Waals surface area contributed by atoms with Crippen molar-refractivity contribution in [3.63, 3.8) is 0 Å². The van der Waals surface area contributed by atoms with Crippen LogP contribution in [0.25, 0.3) is 0 Å². The molecule has 0 spiro atoms. The molecule has 0 aromatic carbocycles. The highest BCUT2D eigenvalue weighted by atomic mass is 19.4. The molecule has 0 radical (unpaired) electrons. The summed E-state index contributed by atoms with van der Waals surface area (Å²) in [4.78, 5) is 113. The zero-order valence-corrected chi connectivity index (χ0v) is 66.5. The van der Waals surface area contributed by atoms with E-state index in [1.54, 1.807) is 6.92 Å². The fraction of sp³-hybridized carbons (Fsp3) is 0.727. The lowest BCUT2D eigenvalue weighted by Crippen LogP contribution is -2.64. The molecular formula is C66H79F35O24. The van der Waals surface area contributed by atoms with E-state index in [2.05, 4.69) is 18.9 Å². The van der Waals surface area contributed by atoms with Gasteiger partial charge < -0.3 is 97.7 Å². The number of hydrogen-bond acceptors (Lipinski definition) is 24. The van der Waals surface area contributed by atoms with Gasteiger partial charge in [0.2, 0.25) is 5.67 Å². The summed E-state index contributed by atoms with van der Waals surface area (Å²) in [5.74, 6) is -102. The average molecular weight is 1920 g/mol. The highest BCUT2D eigenvalue weighted by molar-refractivity contribution is 5.85. The zero-order valence-electron chi connectivity index (χ0n) is 66.5. The topological polar surface area (TPSA) is 405 Å². The molecule has 1 aliphatic heterocycles. The minimum atomic E-state index is -6.64. The first-order valence-corrected chi connectivity index (χ1v) is 31.9. The normalized spacial score (nSPS) is 19.2. The second-order valence-corrected chi connectivity index (χ2v) is 26.0. The average Bonchev–Trinajstić information content (AvgIpc) is 0.742. The molecule has 0 N–H and O–H groups in total. The van der Waals surface area contributed by atoms with Crippen LogP contribution in [-0.4, -0.2) is 206 Å². The van der Waals surface area contributed by atoms with Gasteiger partial charge in [-0.2, -0.15) is 149 Å². The fourth-order valence-electron chi connectivity index (χ4n) is 10.5. The number of carbonyl (C=O) groups excluding carboxylic acids is 11. The monoisotopic (exact) mass is 1920 g/mol. The summed E-state index contributed by atoms with van der Waals surface area (Å²) in [5.41, 5.74) is -6.26. The first-order chi connectivity index (χ1) is 52.2. The number of ether oxygens (including phenoxy) is 6. The van der Waals surface area contributed by atoms with Gasteiger partial charge in [-0.3, -0.25) is 9.59 Å². The van der Waals surface area contributed by atoms with Crippen LogP contribution in [0.15, 0.2) is 0 Å². The van der Waals surface area contributed by atoms with Crippen molar-refractivity contribution in [1.82, 2.24) is 0 Å². The van der Waals surface area contributed by atoms with Crippen LogP contribution in [0.1, 0.15) is 125 Å². The molecule has 2 atom stereocenters. The minimum Gasteiger partial charge on any atom is -0.546 e. The molecule has 5 aliphatic carbocycles. The molecule has 4 bridgehead atoms.